The molecule has 0 fully saturated rings. The van der Waals surface area contributed by atoms with E-state index in [1.54, 1.807) is 0 Å². The van der Waals surface area contributed by atoms with Gasteiger partial charge in [-0.1, -0.05) is 103 Å². The summed E-state index contributed by atoms with van der Waals surface area (Å²) in [5.74, 6) is -0.104. The zero-order valence-corrected chi connectivity index (χ0v) is 22.3. The number of hydrogen-bond acceptors (Lipinski definition) is 5. The van der Waals surface area contributed by atoms with Crippen LogP contribution in [-0.2, 0) is 9.53 Å². The van der Waals surface area contributed by atoms with E-state index in [0.717, 1.165) is 64.5 Å². The third-order valence-corrected chi connectivity index (χ3v) is 6.73. The third kappa shape index (κ3) is 22.9. The van der Waals surface area contributed by atoms with E-state index in [9.17, 15) is 9.90 Å². The normalized spacial score (nSPS) is 13.2. The molecule has 0 saturated heterocycles. The Morgan fingerprint density at radius 2 is 1.27 bits per heavy atom. The van der Waals surface area contributed by atoms with Gasteiger partial charge in [0.15, 0.2) is 0 Å². The van der Waals surface area contributed by atoms with Gasteiger partial charge in [0.1, 0.15) is 0 Å². The number of rotatable bonds is 26. The van der Waals surface area contributed by atoms with Crippen molar-refractivity contribution in [2.75, 3.05) is 20.2 Å². The molecule has 2 unspecified atom stereocenters. The summed E-state index contributed by atoms with van der Waals surface area (Å²) in [4.78, 5) is 11.2. The third-order valence-electron chi connectivity index (χ3n) is 6.73. The van der Waals surface area contributed by atoms with Gasteiger partial charge in [0.2, 0.25) is 0 Å². The number of aliphatic hydroxyl groups excluding tert-OH is 1. The van der Waals surface area contributed by atoms with E-state index in [0.29, 0.717) is 6.42 Å². The molecule has 0 spiro atoms. The molecule has 0 heterocycles. The number of carbonyl (C=O) groups excluding carboxylic acids is 1. The Morgan fingerprint density at radius 3 is 1.88 bits per heavy atom. The standard InChI is InChI=1S/C28H58N2O3/c1-3-4-5-6-12-17-22-27(31)26(21-16-11-10-13-18-23-28(32)33-2)30-25-20-15-9-7-8-14-19-24-29/h26-27,30-31H,3-25,29H2,1-2H3. The minimum absolute atomic E-state index is 0.104. The van der Waals surface area contributed by atoms with Gasteiger partial charge in [0.05, 0.1) is 13.2 Å². The molecule has 198 valence electrons. The number of nitrogens with two attached hydrogens (primary N) is 1. The van der Waals surface area contributed by atoms with E-state index in [2.05, 4.69) is 12.2 Å². The molecule has 0 aliphatic rings. The molecule has 0 aliphatic carbocycles. The molecule has 0 rings (SSSR count). The minimum atomic E-state index is -0.230. The van der Waals surface area contributed by atoms with Crippen molar-refractivity contribution in [2.45, 2.75) is 154 Å². The fourth-order valence-electron chi connectivity index (χ4n) is 4.47. The topological polar surface area (TPSA) is 84.6 Å². The Balaban J connectivity index is 4.07. The summed E-state index contributed by atoms with van der Waals surface area (Å²) in [6.45, 7) is 4.08. The summed E-state index contributed by atoms with van der Waals surface area (Å²) in [6, 6.07) is 0.222. The van der Waals surface area contributed by atoms with Gasteiger partial charge < -0.3 is 20.9 Å². The summed E-state index contributed by atoms with van der Waals surface area (Å²) in [7, 11) is 1.45. The van der Waals surface area contributed by atoms with Crippen LogP contribution in [0.1, 0.15) is 142 Å². The lowest BCUT2D eigenvalue weighted by molar-refractivity contribution is -0.140. The molecule has 5 nitrogen and oxygen atoms in total. The molecule has 33 heavy (non-hydrogen) atoms. The molecule has 0 aromatic heterocycles. The highest BCUT2D eigenvalue weighted by atomic mass is 16.5. The Kier molecular flexibility index (Phi) is 25.5. The SMILES string of the molecule is CCCCCCCCC(O)C(CCCCCCCC(=O)OC)NCCCCCCCCCN. The molecule has 4 N–H and O–H groups in total. The smallest absolute Gasteiger partial charge is 0.305 e. The van der Waals surface area contributed by atoms with Crippen molar-refractivity contribution in [3.63, 3.8) is 0 Å². The number of esters is 1. The number of methoxy groups -OCH3 is 1. The van der Waals surface area contributed by atoms with Gasteiger partial charge in [-0.2, -0.15) is 0 Å². The number of ether oxygens (including phenoxy) is 1. The van der Waals surface area contributed by atoms with Crippen molar-refractivity contribution in [2.24, 2.45) is 5.73 Å². The van der Waals surface area contributed by atoms with Crippen LogP contribution in [-0.4, -0.2) is 43.4 Å². The number of hydrogen-bond donors (Lipinski definition) is 3. The van der Waals surface area contributed by atoms with Crippen molar-refractivity contribution in [1.29, 1.82) is 0 Å². The number of aliphatic hydroxyl groups is 1. The summed E-state index contributed by atoms with van der Waals surface area (Å²) in [6.07, 6.45) is 24.2. The van der Waals surface area contributed by atoms with Gasteiger partial charge in [-0.25, -0.2) is 0 Å². The minimum Gasteiger partial charge on any atom is -0.469 e. The monoisotopic (exact) mass is 470 g/mol. The Labute approximate surface area is 206 Å². The van der Waals surface area contributed by atoms with E-state index in [-0.39, 0.29) is 18.1 Å². The van der Waals surface area contributed by atoms with Crippen LogP contribution in [0.3, 0.4) is 0 Å². The highest BCUT2D eigenvalue weighted by Crippen LogP contribution is 2.16. The first-order chi connectivity index (χ1) is 16.2. The van der Waals surface area contributed by atoms with E-state index in [4.69, 9.17) is 10.5 Å². The summed E-state index contributed by atoms with van der Waals surface area (Å²) < 4.78 is 4.70. The van der Waals surface area contributed by atoms with Crippen LogP contribution in [0.5, 0.6) is 0 Å². The average molecular weight is 471 g/mol. The first-order valence-electron chi connectivity index (χ1n) is 14.3. The quantitative estimate of drug-likeness (QED) is 0.0973. The van der Waals surface area contributed by atoms with Gasteiger partial charge in [0, 0.05) is 12.5 Å². The van der Waals surface area contributed by atoms with Crippen LogP contribution in [0.25, 0.3) is 0 Å². The lowest BCUT2D eigenvalue weighted by atomic mass is 9.97. The van der Waals surface area contributed by atoms with Gasteiger partial charge in [-0.15, -0.1) is 0 Å². The van der Waals surface area contributed by atoms with E-state index < -0.39 is 0 Å². The van der Waals surface area contributed by atoms with Crippen molar-refractivity contribution in [3.8, 4) is 0 Å². The first kappa shape index (κ1) is 32.4. The molecular formula is C28H58N2O3. The Hall–Kier alpha value is -0.650. The summed E-state index contributed by atoms with van der Waals surface area (Å²) in [5.41, 5.74) is 5.55. The fraction of sp³-hybridized carbons (Fsp3) is 0.964. The van der Waals surface area contributed by atoms with Crippen LogP contribution in [0, 0.1) is 0 Å². The predicted octanol–water partition coefficient (Wildman–Crippen LogP) is 6.65. The van der Waals surface area contributed by atoms with Crippen LogP contribution in [0.2, 0.25) is 0 Å². The maximum atomic E-state index is 11.2. The maximum absolute atomic E-state index is 11.2. The highest BCUT2D eigenvalue weighted by molar-refractivity contribution is 5.68. The molecule has 2 atom stereocenters. The largest absolute Gasteiger partial charge is 0.469 e. The summed E-state index contributed by atoms with van der Waals surface area (Å²) in [5, 5.41) is 14.5. The van der Waals surface area contributed by atoms with Crippen LogP contribution < -0.4 is 11.1 Å². The lowest BCUT2D eigenvalue weighted by Crippen LogP contribution is -2.40. The second-order valence-corrected chi connectivity index (χ2v) is 9.83. The molecule has 0 radical (unpaired) electrons. The van der Waals surface area contributed by atoms with Gasteiger partial charge in [0.25, 0.3) is 0 Å². The van der Waals surface area contributed by atoms with Crippen LogP contribution in [0.4, 0.5) is 0 Å². The maximum Gasteiger partial charge on any atom is 0.305 e. The molecule has 0 saturated carbocycles. The number of nitrogens with one attached hydrogen (secondary N) is 1. The second kappa shape index (κ2) is 26.0. The zero-order chi connectivity index (χ0) is 24.4. The van der Waals surface area contributed by atoms with Gasteiger partial charge >= 0.3 is 5.97 Å². The van der Waals surface area contributed by atoms with Crippen molar-refractivity contribution in [3.05, 3.63) is 0 Å². The molecule has 5 heteroatoms. The predicted molar refractivity (Wildman–Crippen MR) is 141 cm³/mol. The molecule has 0 amide bonds. The number of unbranched alkanes of at least 4 members (excludes halogenated alkanes) is 15. The Bertz CT molecular complexity index is 407. The highest BCUT2D eigenvalue weighted by Gasteiger charge is 2.17. The summed E-state index contributed by atoms with van der Waals surface area (Å²) >= 11 is 0. The molecule has 0 aliphatic heterocycles. The molecule has 0 aromatic rings. The van der Waals surface area contributed by atoms with Crippen LogP contribution >= 0.6 is 0 Å². The first-order valence-corrected chi connectivity index (χ1v) is 14.3. The Morgan fingerprint density at radius 1 is 0.758 bits per heavy atom. The van der Waals surface area contributed by atoms with Crippen molar-refractivity contribution >= 4 is 5.97 Å². The van der Waals surface area contributed by atoms with Crippen molar-refractivity contribution < 1.29 is 14.6 Å². The fourth-order valence-corrected chi connectivity index (χ4v) is 4.47. The average Bonchev–Trinajstić information content (AvgIpc) is 2.82. The van der Waals surface area contributed by atoms with Gasteiger partial charge in [-0.3, -0.25) is 4.79 Å². The molecule has 0 aromatic carbocycles. The van der Waals surface area contributed by atoms with E-state index >= 15 is 0 Å². The zero-order valence-electron chi connectivity index (χ0n) is 22.3. The van der Waals surface area contributed by atoms with Gasteiger partial charge in [-0.05, 0) is 45.2 Å². The molecule has 0 bridgehead atoms. The van der Waals surface area contributed by atoms with Crippen molar-refractivity contribution in [1.82, 2.24) is 5.32 Å². The van der Waals surface area contributed by atoms with E-state index in [1.807, 2.05) is 0 Å². The lowest BCUT2D eigenvalue weighted by Gasteiger charge is -2.24. The number of carbonyl (C=O) groups is 1. The molecular weight excluding hydrogens is 412 g/mol. The second-order valence-electron chi connectivity index (χ2n) is 9.83. The van der Waals surface area contributed by atoms with Crippen LogP contribution in [0.15, 0.2) is 0 Å². The van der Waals surface area contributed by atoms with E-state index in [1.165, 1.54) is 84.2 Å².